The van der Waals surface area contributed by atoms with E-state index in [-0.39, 0.29) is 12.6 Å². The molecule has 2 aromatic rings. The largest absolute Gasteiger partial charge is 0.394 e. The number of amides is 2. The number of benzene rings is 1. The number of nitrogens with one attached hydrogen (secondary N) is 2. The summed E-state index contributed by atoms with van der Waals surface area (Å²) in [5.41, 5.74) is 1.94. The van der Waals surface area contributed by atoms with Gasteiger partial charge in [0.05, 0.1) is 24.0 Å². The van der Waals surface area contributed by atoms with Gasteiger partial charge in [-0.1, -0.05) is 35.9 Å². The van der Waals surface area contributed by atoms with E-state index in [0.29, 0.717) is 17.3 Å². The van der Waals surface area contributed by atoms with Crippen molar-refractivity contribution >= 4 is 23.3 Å². The lowest BCUT2D eigenvalue weighted by atomic mass is 9.93. The first kappa shape index (κ1) is 14.8. The highest BCUT2D eigenvalue weighted by Gasteiger charge is 2.39. The number of aryl methyl sites for hydroxylation is 1. The van der Waals surface area contributed by atoms with Crippen molar-refractivity contribution in [2.24, 2.45) is 0 Å². The summed E-state index contributed by atoms with van der Waals surface area (Å²) in [6.45, 7) is -0.143. The number of aromatic nitrogens is 1. The third kappa shape index (κ3) is 2.77. The molecule has 1 aliphatic rings. The molecule has 1 aromatic heterocycles. The van der Waals surface area contributed by atoms with Crippen molar-refractivity contribution in [1.29, 1.82) is 0 Å². The third-order valence-corrected chi connectivity index (χ3v) is 4.19. The smallest absolute Gasteiger partial charge is 0.320 e. The van der Waals surface area contributed by atoms with Crippen LogP contribution in [0.25, 0.3) is 0 Å². The number of aliphatic hydroxyl groups is 1. The standard InChI is InChI=1S/C16H16ClN3O2/c17-14-6-5-12(9-18-14)19-15(22)20-16(10-21)8-7-11-3-1-2-4-13(11)16/h1-6,9,21H,7-8,10H2,(H2,19,20,22). The molecule has 0 spiro atoms. The van der Waals surface area contributed by atoms with Gasteiger partial charge >= 0.3 is 6.03 Å². The molecule has 1 atom stereocenters. The van der Waals surface area contributed by atoms with Crippen molar-refractivity contribution in [3.05, 3.63) is 58.9 Å². The predicted molar refractivity (Wildman–Crippen MR) is 84.9 cm³/mol. The number of nitrogens with zero attached hydrogens (tertiary/aromatic N) is 1. The van der Waals surface area contributed by atoms with Gasteiger partial charge in [0.25, 0.3) is 0 Å². The maximum Gasteiger partial charge on any atom is 0.320 e. The fourth-order valence-corrected chi connectivity index (χ4v) is 2.96. The molecule has 1 aromatic carbocycles. The summed E-state index contributed by atoms with van der Waals surface area (Å²) in [5.74, 6) is 0. The number of carbonyl (C=O) groups excluding carboxylic acids is 1. The second-order valence-corrected chi connectivity index (χ2v) is 5.73. The molecule has 0 radical (unpaired) electrons. The number of rotatable bonds is 3. The average Bonchev–Trinajstić information content (AvgIpc) is 2.89. The zero-order valence-corrected chi connectivity index (χ0v) is 12.6. The quantitative estimate of drug-likeness (QED) is 0.762. The number of halogens is 1. The van der Waals surface area contributed by atoms with Crippen LogP contribution in [0.4, 0.5) is 10.5 Å². The number of aliphatic hydroxyl groups excluding tert-OH is 1. The number of hydrogen-bond acceptors (Lipinski definition) is 3. The van der Waals surface area contributed by atoms with Crippen LogP contribution in [0, 0.1) is 0 Å². The second-order valence-electron chi connectivity index (χ2n) is 5.35. The fourth-order valence-electron chi connectivity index (χ4n) is 2.85. The van der Waals surface area contributed by atoms with Crippen LogP contribution >= 0.6 is 11.6 Å². The number of urea groups is 1. The Morgan fingerprint density at radius 3 is 2.86 bits per heavy atom. The lowest BCUT2D eigenvalue weighted by Gasteiger charge is -2.29. The van der Waals surface area contributed by atoms with E-state index in [0.717, 1.165) is 17.5 Å². The summed E-state index contributed by atoms with van der Waals surface area (Å²) in [6, 6.07) is 10.7. The Labute approximate surface area is 133 Å². The van der Waals surface area contributed by atoms with Crippen molar-refractivity contribution in [1.82, 2.24) is 10.3 Å². The monoisotopic (exact) mass is 317 g/mol. The number of carbonyl (C=O) groups is 1. The Morgan fingerprint density at radius 1 is 1.32 bits per heavy atom. The van der Waals surface area contributed by atoms with Gasteiger partial charge in [0.2, 0.25) is 0 Å². The van der Waals surface area contributed by atoms with Crippen LogP contribution in [-0.2, 0) is 12.0 Å². The number of pyridine rings is 1. The van der Waals surface area contributed by atoms with Gasteiger partial charge in [0.15, 0.2) is 0 Å². The minimum Gasteiger partial charge on any atom is -0.394 e. The minimum atomic E-state index is -0.736. The first-order valence-electron chi connectivity index (χ1n) is 7.03. The molecule has 1 heterocycles. The van der Waals surface area contributed by atoms with Crippen LogP contribution in [-0.4, -0.2) is 22.7 Å². The summed E-state index contributed by atoms with van der Waals surface area (Å²) < 4.78 is 0. The molecule has 0 aliphatic heterocycles. The zero-order chi connectivity index (χ0) is 15.6. The van der Waals surface area contributed by atoms with Crippen LogP contribution in [0.1, 0.15) is 17.5 Å². The first-order chi connectivity index (χ1) is 10.6. The van der Waals surface area contributed by atoms with Crippen molar-refractivity contribution < 1.29 is 9.90 Å². The van der Waals surface area contributed by atoms with E-state index in [1.54, 1.807) is 12.1 Å². The molecule has 114 valence electrons. The Morgan fingerprint density at radius 2 is 2.14 bits per heavy atom. The molecule has 0 saturated carbocycles. The molecule has 0 bridgehead atoms. The van der Waals surface area contributed by atoms with Gasteiger partial charge < -0.3 is 15.7 Å². The van der Waals surface area contributed by atoms with Gasteiger partial charge in [-0.3, -0.25) is 0 Å². The van der Waals surface area contributed by atoms with E-state index in [1.165, 1.54) is 6.20 Å². The Balaban J connectivity index is 1.76. The highest BCUT2D eigenvalue weighted by Crippen LogP contribution is 2.36. The summed E-state index contributed by atoms with van der Waals surface area (Å²) >= 11 is 5.71. The SMILES string of the molecule is O=C(Nc1ccc(Cl)nc1)NC1(CO)CCc2ccccc21. The first-order valence-corrected chi connectivity index (χ1v) is 7.41. The molecule has 22 heavy (non-hydrogen) atoms. The highest BCUT2D eigenvalue weighted by atomic mass is 35.5. The lowest BCUT2D eigenvalue weighted by molar-refractivity contribution is 0.164. The Bertz CT molecular complexity index is 690. The Kier molecular flexibility index (Phi) is 4.00. The molecule has 6 heteroatoms. The van der Waals surface area contributed by atoms with Gasteiger partial charge in [-0.25, -0.2) is 9.78 Å². The molecule has 0 saturated heterocycles. The normalized spacial score (nSPS) is 19.5. The molecule has 1 unspecified atom stereocenters. The molecule has 3 N–H and O–H groups in total. The molecule has 1 aliphatic carbocycles. The van der Waals surface area contributed by atoms with Crippen LogP contribution in [0.2, 0.25) is 5.15 Å². The highest BCUT2D eigenvalue weighted by molar-refractivity contribution is 6.29. The average molecular weight is 318 g/mol. The van der Waals surface area contributed by atoms with E-state index < -0.39 is 5.54 Å². The van der Waals surface area contributed by atoms with E-state index in [1.807, 2.05) is 24.3 Å². The molecule has 3 rings (SSSR count). The second kappa shape index (κ2) is 5.94. The zero-order valence-electron chi connectivity index (χ0n) is 11.8. The van der Waals surface area contributed by atoms with Crippen molar-refractivity contribution in [3.63, 3.8) is 0 Å². The summed E-state index contributed by atoms with van der Waals surface area (Å²) in [5, 5.41) is 15.8. The maximum absolute atomic E-state index is 12.2. The van der Waals surface area contributed by atoms with E-state index in [9.17, 15) is 9.90 Å². The fraction of sp³-hybridized carbons (Fsp3) is 0.250. The molecule has 5 nitrogen and oxygen atoms in total. The molecule has 2 amide bonds. The lowest BCUT2D eigenvalue weighted by Crippen LogP contribution is -2.48. The van der Waals surface area contributed by atoms with E-state index in [4.69, 9.17) is 11.6 Å². The number of hydrogen-bond donors (Lipinski definition) is 3. The van der Waals surface area contributed by atoms with Crippen LogP contribution < -0.4 is 10.6 Å². The molecular formula is C16H16ClN3O2. The van der Waals surface area contributed by atoms with E-state index >= 15 is 0 Å². The Hall–Kier alpha value is -2.11. The van der Waals surface area contributed by atoms with Crippen LogP contribution in [0.15, 0.2) is 42.6 Å². The summed E-state index contributed by atoms with van der Waals surface area (Å²) in [6.07, 6.45) is 2.99. The van der Waals surface area contributed by atoms with Gasteiger partial charge in [0.1, 0.15) is 5.15 Å². The van der Waals surface area contributed by atoms with Gasteiger partial charge in [-0.15, -0.1) is 0 Å². The number of anilines is 1. The van der Waals surface area contributed by atoms with Crippen molar-refractivity contribution in [2.45, 2.75) is 18.4 Å². The van der Waals surface area contributed by atoms with Crippen molar-refractivity contribution in [2.75, 3.05) is 11.9 Å². The molecule has 0 fully saturated rings. The third-order valence-electron chi connectivity index (χ3n) is 3.96. The summed E-state index contributed by atoms with van der Waals surface area (Å²) in [4.78, 5) is 16.1. The number of fused-ring (bicyclic) bond motifs is 1. The maximum atomic E-state index is 12.2. The molecular weight excluding hydrogens is 302 g/mol. The van der Waals surface area contributed by atoms with Gasteiger partial charge in [-0.05, 0) is 36.1 Å². The minimum absolute atomic E-state index is 0.143. The van der Waals surface area contributed by atoms with E-state index in [2.05, 4.69) is 15.6 Å². The van der Waals surface area contributed by atoms with Crippen molar-refractivity contribution in [3.8, 4) is 0 Å². The summed E-state index contributed by atoms with van der Waals surface area (Å²) in [7, 11) is 0. The topological polar surface area (TPSA) is 74.2 Å². The van der Waals surface area contributed by atoms with Crippen LogP contribution in [0.5, 0.6) is 0 Å². The van der Waals surface area contributed by atoms with Crippen LogP contribution in [0.3, 0.4) is 0 Å². The van der Waals surface area contributed by atoms with Gasteiger partial charge in [-0.2, -0.15) is 0 Å². The predicted octanol–water partition coefficient (Wildman–Crippen LogP) is 2.69. The van der Waals surface area contributed by atoms with Gasteiger partial charge in [0, 0.05) is 0 Å².